The quantitative estimate of drug-likeness (QED) is 0.791. The summed E-state index contributed by atoms with van der Waals surface area (Å²) in [7, 11) is 0. The Morgan fingerprint density at radius 1 is 1.53 bits per heavy atom. The molecule has 98 valence electrons. The Kier molecular flexibility index (Phi) is 5.21. The van der Waals surface area contributed by atoms with Crippen LogP contribution in [0.5, 0.6) is 0 Å². The lowest BCUT2D eigenvalue weighted by molar-refractivity contribution is -0.114. The van der Waals surface area contributed by atoms with Gasteiger partial charge in [0, 0.05) is 25.8 Å². The van der Waals surface area contributed by atoms with Gasteiger partial charge in [-0.2, -0.15) is 0 Å². The highest BCUT2D eigenvalue weighted by atomic mass is 35.5. The summed E-state index contributed by atoms with van der Waals surface area (Å²) in [5.41, 5.74) is 0.347. The lowest BCUT2D eigenvalue weighted by Gasteiger charge is -2.30. The highest BCUT2D eigenvalue weighted by Crippen LogP contribution is 2.32. The summed E-state index contributed by atoms with van der Waals surface area (Å²) < 4.78 is 0. The smallest absolute Gasteiger partial charge is 0.269 e. The average molecular weight is 262 g/mol. The molecule has 0 saturated carbocycles. The van der Waals surface area contributed by atoms with Crippen molar-refractivity contribution in [2.45, 2.75) is 38.2 Å². The zero-order valence-corrected chi connectivity index (χ0v) is 10.9. The third-order valence-electron chi connectivity index (χ3n) is 3.15. The van der Waals surface area contributed by atoms with E-state index in [-0.39, 0.29) is 23.9 Å². The number of oxime groups is 1. The van der Waals surface area contributed by atoms with Crippen LogP contribution in [0.4, 0.5) is 0 Å². The molecule has 2 heterocycles. The molecule has 0 radical (unpaired) electrons. The Labute approximate surface area is 108 Å². The predicted molar refractivity (Wildman–Crippen MR) is 68.5 cm³/mol. The van der Waals surface area contributed by atoms with E-state index >= 15 is 0 Å². The summed E-state index contributed by atoms with van der Waals surface area (Å²) in [6.07, 6.45) is 3.46. The van der Waals surface area contributed by atoms with Crippen molar-refractivity contribution in [2.24, 2.45) is 5.16 Å². The molecular weight excluding hydrogens is 242 g/mol. The molecule has 0 unspecified atom stereocenters. The first kappa shape index (κ1) is 14.3. The maximum Gasteiger partial charge on any atom is 0.269 e. The van der Waals surface area contributed by atoms with Gasteiger partial charge in [0.15, 0.2) is 0 Å². The van der Waals surface area contributed by atoms with Crippen molar-refractivity contribution in [1.82, 2.24) is 10.6 Å². The third kappa shape index (κ3) is 3.33. The number of rotatable bonds is 3. The van der Waals surface area contributed by atoms with E-state index in [1.165, 1.54) is 0 Å². The minimum absolute atomic E-state index is 0. The molecule has 2 rings (SSSR count). The lowest BCUT2D eigenvalue weighted by Crippen LogP contribution is -2.43. The summed E-state index contributed by atoms with van der Waals surface area (Å²) in [5, 5.41) is 10.1. The first-order valence-corrected chi connectivity index (χ1v) is 6.00. The lowest BCUT2D eigenvalue weighted by atomic mass is 9.87. The molecule has 5 nitrogen and oxygen atoms in total. The first-order chi connectivity index (χ1) is 7.76. The molecular formula is C11H20ClN3O2. The fourth-order valence-electron chi connectivity index (χ4n) is 2.13. The molecule has 1 spiro atoms. The Morgan fingerprint density at radius 2 is 2.24 bits per heavy atom. The number of nitrogens with zero attached hydrogens (tertiary/aromatic N) is 1. The molecule has 0 bridgehead atoms. The molecule has 1 saturated heterocycles. The van der Waals surface area contributed by atoms with Gasteiger partial charge in [0.2, 0.25) is 0 Å². The van der Waals surface area contributed by atoms with Crippen LogP contribution in [-0.2, 0) is 9.63 Å². The van der Waals surface area contributed by atoms with Crippen molar-refractivity contribution >= 4 is 24.0 Å². The van der Waals surface area contributed by atoms with Crippen LogP contribution in [0.25, 0.3) is 0 Å². The fraction of sp³-hybridized carbons (Fsp3) is 0.818. The highest BCUT2D eigenvalue weighted by Gasteiger charge is 2.41. The molecule has 0 aromatic heterocycles. The minimum atomic E-state index is -0.204. The Hall–Kier alpha value is -0.810. The van der Waals surface area contributed by atoms with Gasteiger partial charge in [-0.15, -0.1) is 12.4 Å². The standard InChI is InChI=1S/C11H19N3O2.ClH/c1-2-5-13-10(15)9-8-11(16-14-9)3-6-12-7-4-11;/h12H,2-8H2,1H3,(H,13,15);1H. The largest absolute Gasteiger partial charge is 0.388 e. The molecule has 2 aliphatic heterocycles. The molecule has 0 aromatic carbocycles. The zero-order chi connectivity index (χ0) is 11.4. The average Bonchev–Trinajstić information content (AvgIpc) is 2.71. The Bertz CT molecular complexity index is 301. The number of carbonyl (C=O) groups excluding carboxylic acids is 1. The van der Waals surface area contributed by atoms with Crippen molar-refractivity contribution in [3.63, 3.8) is 0 Å². The van der Waals surface area contributed by atoms with Crippen LogP contribution < -0.4 is 10.6 Å². The number of amides is 1. The predicted octanol–water partition coefficient (Wildman–Crippen LogP) is 0.833. The second kappa shape index (κ2) is 6.21. The summed E-state index contributed by atoms with van der Waals surface area (Å²) in [6, 6.07) is 0. The van der Waals surface area contributed by atoms with Gasteiger partial charge in [-0.3, -0.25) is 4.79 Å². The molecule has 17 heavy (non-hydrogen) atoms. The molecule has 0 aliphatic carbocycles. The van der Waals surface area contributed by atoms with Gasteiger partial charge in [-0.1, -0.05) is 12.1 Å². The van der Waals surface area contributed by atoms with Gasteiger partial charge in [0.1, 0.15) is 11.3 Å². The topological polar surface area (TPSA) is 62.7 Å². The summed E-state index contributed by atoms with van der Waals surface area (Å²) in [6.45, 7) is 4.62. The van der Waals surface area contributed by atoms with E-state index in [1.807, 2.05) is 6.92 Å². The minimum Gasteiger partial charge on any atom is -0.388 e. The van der Waals surface area contributed by atoms with E-state index < -0.39 is 0 Å². The molecule has 6 heteroatoms. The van der Waals surface area contributed by atoms with Gasteiger partial charge in [-0.25, -0.2) is 0 Å². The summed E-state index contributed by atoms with van der Waals surface area (Å²) in [5.74, 6) is -0.0720. The van der Waals surface area contributed by atoms with Crippen LogP contribution in [0.2, 0.25) is 0 Å². The van der Waals surface area contributed by atoms with Crippen molar-refractivity contribution in [3.8, 4) is 0 Å². The second-order valence-corrected chi connectivity index (χ2v) is 4.49. The van der Waals surface area contributed by atoms with Crippen molar-refractivity contribution in [2.75, 3.05) is 19.6 Å². The van der Waals surface area contributed by atoms with Crippen LogP contribution in [0.1, 0.15) is 32.6 Å². The zero-order valence-electron chi connectivity index (χ0n) is 10.1. The van der Waals surface area contributed by atoms with Crippen LogP contribution in [0.3, 0.4) is 0 Å². The van der Waals surface area contributed by atoms with Crippen molar-refractivity contribution < 1.29 is 9.63 Å². The molecule has 0 aromatic rings. The fourth-order valence-corrected chi connectivity index (χ4v) is 2.13. The Morgan fingerprint density at radius 3 is 2.88 bits per heavy atom. The maximum atomic E-state index is 11.7. The van der Waals surface area contributed by atoms with Crippen LogP contribution in [0.15, 0.2) is 5.16 Å². The number of carbonyl (C=O) groups is 1. The van der Waals surface area contributed by atoms with Gasteiger partial charge in [0.05, 0.1) is 0 Å². The van der Waals surface area contributed by atoms with Crippen molar-refractivity contribution in [3.05, 3.63) is 0 Å². The number of hydrogen-bond acceptors (Lipinski definition) is 4. The summed E-state index contributed by atoms with van der Waals surface area (Å²) >= 11 is 0. The van der Waals surface area contributed by atoms with Crippen LogP contribution >= 0.6 is 12.4 Å². The van der Waals surface area contributed by atoms with Gasteiger partial charge in [-0.05, 0) is 19.5 Å². The maximum absolute atomic E-state index is 11.7. The number of hydrogen-bond donors (Lipinski definition) is 2. The van der Waals surface area contributed by atoms with Gasteiger partial charge >= 0.3 is 0 Å². The van der Waals surface area contributed by atoms with E-state index in [4.69, 9.17) is 4.84 Å². The molecule has 1 fully saturated rings. The van der Waals surface area contributed by atoms with E-state index in [1.54, 1.807) is 0 Å². The van der Waals surface area contributed by atoms with E-state index in [0.29, 0.717) is 18.7 Å². The molecule has 2 aliphatic rings. The van der Waals surface area contributed by atoms with Gasteiger partial charge in [0.25, 0.3) is 5.91 Å². The normalized spacial score (nSPS) is 21.4. The number of nitrogens with one attached hydrogen (secondary N) is 2. The third-order valence-corrected chi connectivity index (χ3v) is 3.15. The molecule has 1 amide bonds. The summed E-state index contributed by atoms with van der Waals surface area (Å²) in [4.78, 5) is 17.2. The van der Waals surface area contributed by atoms with Crippen LogP contribution in [-0.4, -0.2) is 36.9 Å². The highest BCUT2D eigenvalue weighted by molar-refractivity contribution is 6.39. The molecule has 0 atom stereocenters. The monoisotopic (exact) mass is 261 g/mol. The Balaban J connectivity index is 0.00000144. The molecule has 2 N–H and O–H groups in total. The first-order valence-electron chi connectivity index (χ1n) is 6.00. The van der Waals surface area contributed by atoms with E-state index in [9.17, 15) is 4.79 Å². The van der Waals surface area contributed by atoms with E-state index in [2.05, 4.69) is 15.8 Å². The van der Waals surface area contributed by atoms with Crippen LogP contribution in [0, 0.1) is 0 Å². The SMILES string of the molecule is CCCNC(=O)C1=NOC2(CCNCC2)C1.Cl. The number of halogens is 1. The second-order valence-electron chi connectivity index (χ2n) is 4.49. The number of piperidine rings is 1. The van der Waals surface area contributed by atoms with E-state index in [0.717, 1.165) is 32.4 Å². The van der Waals surface area contributed by atoms with Gasteiger partial charge < -0.3 is 15.5 Å². The van der Waals surface area contributed by atoms with Crippen molar-refractivity contribution in [1.29, 1.82) is 0 Å².